The molecule has 13 heavy (non-hydrogen) atoms. The molecule has 1 unspecified atom stereocenters. The Balaban J connectivity index is 2.58. The monoisotopic (exact) mass is 181 g/mol. The third-order valence-electron chi connectivity index (χ3n) is 2.13. The molecule has 1 N–H and O–H groups in total. The van der Waals surface area contributed by atoms with E-state index in [-0.39, 0.29) is 6.67 Å². The normalized spacial score (nSPS) is 12.5. The van der Waals surface area contributed by atoms with Gasteiger partial charge < -0.3 is 5.32 Å². The number of benzene rings is 1. The van der Waals surface area contributed by atoms with E-state index in [1.807, 2.05) is 24.3 Å². The Morgan fingerprint density at radius 3 is 2.38 bits per heavy atom. The van der Waals surface area contributed by atoms with Crippen LogP contribution in [-0.4, -0.2) is 6.04 Å². The van der Waals surface area contributed by atoms with Crippen molar-refractivity contribution in [2.75, 3.05) is 5.32 Å². The summed E-state index contributed by atoms with van der Waals surface area (Å²) >= 11 is 0. The van der Waals surface area contributed by atoms with Gasteiger partial charge in [-0.05, 0) is 31.0 Å². The summed E-state index contributed by atoms with van der Waals surface area (Å²) in [6, 6.07) is 7.92. The molecule has 1 aromatic carbocycles. The number of anilines is 1. The van der Waals surface area contributed by atoms with Crippen LogP contribution in [0.1, 0.15) is 25.8 Å². The van der Waals surface area contributed by atoms with Gasteiger partial charge in [0.1, 0.15) is 6.67 Å². The highest BCUT2D eigenvalue weighted by atomic mass is 19.1. The predicted octanol–water partition coefficient (Wildman–Crippen LogP) is 3.37. The van der Waals surface area contributed by atoms with E-state index in [0.717, 1.165) is 17.7 Å². The van der Waals surface area contributed by atoms with Gasteiger partial charge in [0.2, 0.25) is 0 Å². The van der Waals surface area contributed by atoms with E-state index in [9.17, 15) is 4.39 Å². The predicted molar refractivity (Wildman–Crippen MR) is 54.6 cm³/mol. The summed E-state index contributed by atoms with van der Waals surface area (Å²) in [5, 5.41) is 3.32. The Morgan fingerprint density at radius 1 is 1.31 bits per heavy atom. The average molecular weight is 181 g/mol. The highest BCUT2D eigenvalue weighted by Gasteiger charge is 1.98. The van der Waals surface area contributed by atoms with Crippen molar-refractivity contribution in [3.05, 3.63) is 29.8 Å². The van der Waals surface area contributed by atoms with Crippen molar-refractivity contribution in [2.45, 2.75) is 33.0 Å². The Hall–Kier alpha value is -1.05. The molecule has 0 saturated heterocycles. The lowest BCUT2D eigenvalue weighted by atomic mass is 10.2. The molecule has 0 saturated carbocycles. The first kappa shape index (κ1) is 10.0. The van der Waals surface area contributed by atoms with Gasteiger partial charge >= 0.3 is 0 Å². The van der Waals surface area contributed by atoms with E-state index in [1.54, 1.807) is 0 Å². The highest BCUT2D eigenvalue weighted by Crippen LogP contribution is 2.12. The zero-order chi connectivity index (χ0) is 9.68. The lowest BCUT2D eigenvalue weighted by molar-refractivity contribution is 0.485. The number of nitrogens with one attached hydrogen (secondary N) is 1. The molecule has 0 heterocycles. The Bertz CT molecular complexity index is 243. The van der Waals surface area contributed by atoms with E-state index in [2.05, 4.69) is 19.2 Å². The highest BCUT2D eigenvalue weighted by molar-refractivity contribution is 5.45. The standard InChI is InChI=1S/C11H16FN/c1-3-9(2)13-11-6-4-10(8-12)5-7-11/h4-7,9,13H,3,8H2,1-2H3. The Kier molecular flexibility index (Phi) is 3.74. The molecular weight excluding hydrogens is 165 g/mol. The minimum Gasteiger partial charge on any atom is -0.383 e. The van der Waals surface area contributed by atoms with Crippen molar-refractivity contribution >= 4 is 5.69 Å². The molecule has 1 rings (SSSR count). The van der Waals surface area contributed by atoms with Crippen LogP contribution >= 0.6 is 0 Å². The summed E-state index contributed by atoms with van der Waals surface area (Å²) < 4.78 is 12.2. The molecule has 1 aromatic rings. The van der Waals surface area contributed by atoms with Gasteiger partial charge in [-0.2, -0.15) is 0 Å². The van der Waals surface area contributed by atoms with E-state index in [0.29, 0.717) is 6.04 Å². The summed E-state index contributed by atoms with van der Waals surface area (Å²) in [7, 11) is 0. The third-order valence-corrected chi connectivity index (χ3v) is 2.13. The van der Waals surface area contributed by atoms with Gasteiger partial charge in [0, 0.05) is 11.7 Å². The number of rotatable bonds is 4. The van der Waals surface area contributed by atoms with Crippen LogP contribution in [0.2, 0.25) is 0 Å². The Morgan fingerprint density at radius 2 is 1.92 bits per heavy atom. The third kappa shape index (κ3) is 3.05. The van der Waals surface area contributed by atoms with E-state index in [1.165, 1.54) is 0 Å². The Labute approximate surface area is 79.0 Å². The molecule has 0 aliphatic heterocycles. The average Bonchev–Trinajstić information content (AvgIpc) is 2.19. The topological polar surface area (TPSA) is 12.0 Å². The molecule has 1 atom stereocenters. The summed E-state index contributed by atoms with van der Waals surface area (Å²) in [5.41, 5.74) is 1.79. The van der Waals surface area contributed by atoms with Crippen molar-refractivity contribution < 1.29 is 4.39 Å². The molecule has 1 nitrogen and oxygen atoms in total. The second kappa shape index (κ2) is 4.85. The fourth-order valence-electron chi connectivity index (χ4n) is 1.08. The second-order valence-electron chi connectivity index (χ2n) is 3.28. The number of hydrogen-bond donors (Lipinski definition) is 1. The molecule has 0 aromatic heterocycles. The van der Waals surface area contributed by atoms with Gasteiger partial charge in [-0.15, -0.1) is 0 Å². The van der Waals surface area contributed by atoms with Gasteiger partial charge in [0.05, 0.1) is 0 Å². The lowest BCUT2D eigenvalue weighted by Crippen LogP contribution is -2.13. The molecule has 0 amide bonds. The number of alkyl halides is 1. The molecule has 0 bridgehead atoms. The largest absolute Gasteiger partial charge is 0.383 e. The van der Waals surface area contributed by atoms with Gasteiger partial charge in [-0.3, -0.25) is 0 Å². The van der Waals surface area contributed by atoms with Crippen LogP contribution in [0.3, 0.4) is 0 Å². The van der Waals surface area contributed by atoms with Crippen LogP contribution in [0.4, 0.5) is 10.1 Å². The van der Waals surface area contributed by atoms with Crippen molar-refractivity contribution in [3.63, 3.8) is 0 Å². The summed E-state index contributed by atoms with van der Waals surface area (Å²) in [4.78, 5) is 0. The summed E-state index contributed by atoms with van der Waals surface area (Å²) in [5.74, 6) is 0. The molecular formula is C11H16FN. The maximum Gasteiger partial charge on any atom is 0.115 e. The van der Waals surface area contributed by atoms with Crippen LogP contribution in [-0.2, 0) is 6.67 Å². The zero-order valence-corrected chi connectivity index (χ0v) is 8.18. The fraction of sp³-hybridized carbons (Fsp3) is 0.455. The minimum absolute atomic E-state index is 0.385. The van der Waals surface area contributed by atoms with Gasteiger partial charge in [0.15, 0.2) is 0 Å². The first-order valence-electron chi connectivity index (χ1n) is 4.67. The zero-order valence-electron chi connectivity index (χ0n) is 8.18. The number of halogens is 1. The summed E-state index contributed by atoms with van der Waals surface area (Å²) in [6.45, 7) is 3.88. The first-order chi connectivity index (χ1) is 6.26. The lowest BCUT2D eigenvalue weighted by Gasteiger charge is -2.12. The number of hydrogen-bond acceptors (Lipinski definition) is 1. The van der Waals surface area contributed by atoms with Gasteiger partial charge in [-0.25, -0.2) is 4.39 Å². The van der Waals surface area contributed by atoms with E-state index in [4.69, 9.17) is 0 Å². The minimum atomic E-state index is -0.385. The molecule has 2 heteroatoms. The van der Waals surface area contributed by atoms with E-state index >= 15 is 0 Å². The van der Waals surface area contributed by atoms with Crippen LogP contribution in [0.5, 0.6) is 0 Å². The molecule has 0 spiro atoms. The fourth-order valence-corrected chi connectivity index (χ4v) is 1.08. The van der Waals surface area contributed by atoms with Crippen molar-refractivity contribution in [1.82, 2.24) is 0 Å². The SMILES string of the molecule is CCC(C)Nc1ccc(CF)cc1. The van der Waals surface area contributed by atoms with E-state index < -0.39 is 0 Å². The summed E-state index contributed by atoms with van der Waals surface area (Å²) in [6.07, 6.45) is 1.09. The van der Waals surface area contributed by atoms with Crippen LogP contribution < -0.4 is 5.32 Å². The van der Waals surface area contributed by atoms with Crippen LogP contribution in [0.15, 0.2) is 24.3 Å². The smallest absolute Gasteiger partial charge is 0.115 e. The van der Waals surface area contributed by atoms with Crippen molar-refractivity contribution in [2.24, 2.45) is 0 Å². The molecule has 72 valence electrons. The maximum atomic E-state index is 12.2. The van der Waals surface area contributed by atoms with Gasteiger partial charge in [-0.1, -0.05) is 19.1 Å². The molecule has 0 radical (unpaired) electrons. The van der Waals surface area contributed by atoms with Crippen LogP contribution in [0, 0.1) is 0 Å². The maximum absolute atomic E-state index is 12.2. The molecule has 0 fully saturated rings. The van der Waals surface area contributed by atoms with Gasteiger partial charge in [0.25, 0.3) is 0 Å². The molecule has 0 aliphatic rings. The second-order valence-corrected chi connectivity index (χ2v) is 3.28. The van der Waals surface area contributed by atoms with Crippen molar-refractivity contribution in [3.8, 4) is 0 Å². The van der Waals surface area contributed by atoms with Crippen molar-refractivity contribution in [1.29, 1.82) is 0 Å². The quantitative estimate of drug-likeness (QED) is 0.751. The van der Waals surface area contributed by atoms with Crippen LogP contribution in [0.25, 0.3) is 0 Å². The first-order valence-corrected chi connectivity index (χ1v) is 4.67. The molecule has 0 aliphatic carbocycles.